The van der Waals surface area contributed by atoms with E-state index in [1.165, 1.54) is 12.3 Å². The van der Waals surface area contributed by atoms with Crippen LogP contribution in [0, 0.1) is 0 Å². The molecule has 0 fully saturated rings. The Morgan fingerprint density at radius 1 is 1.05 bits per heavy atom. The van der Waals surface area contributed by atoms with Gasteiger partial charge in [0, 0.05) is 0 Å². The second kappa shape index (κ2) is 6.73. The Balaban J connectivity index is 2.98. The smallest absolute Gasteiger partial charge is 0.343 e. The van der Waals surface area contributed by atoms with Crippen LogP contribution in [0.3, 0.4) is 0 Å². The lowest BCUT2D eigenvalue weighted by atomic mass is 10.1. The highest BCUT2D eigenvalue weighted by molar-refractivity contribution is 6.03. The summed E-state index contributed by atoms with van der Waals surface area (Å²) in [6.45, 7) is 7.13. The van der Waals surface area contributed by atoms with Gasteiger partial charge < -0.3 is 9.47 Å². The van der Waals surface area contributed by atoms with Crippen molar-refractivity contribution in [3.8, 4) is 0 Å². The van der Waals surface area contributed by atoms with Crippen LogP contribution in [0.2, 0.25) is 0 Å². The van der Waals surface area contributed by atoms with E-state index < -0.39 is 11.9 Å². The molecule has 0 unspecified atom stereocenters. The molecule has 1 aromatic rings. The first-order chi connectivity index (χ1) is 8.91. The van der Waals surface area contributed by atoms with E-state index in [4.69, 9.17) is 9.47 Å². The van der Waals surface area contributed by atoms with E-state index in [0.29, 0.717) is 0 Å². The molecule has 1 rings (SSSR count). The van der Waals surface area contributed by atoms with Crippen molar-refractivity contribution in [2.45, 2.75) is 33.8 Å². The molecule has 1 aromatic carbocycles. The minimum Gasteiger partial charge on any atom is -0.459 e. The van der Waals surface area contributed by atoms with E-state index >= 15 is 0 Å². The van der Waals surface area contributed by atoms with Gasteiger partial charge in [0.05, 0.1) is 23.5 Å². The molecule has 102 valence electrons. The number of allylic oxidation sites excluding steroid dienone is 1. The van der Waals surface area contributed by atoms with Crippen LogP contribution in [0.1, 0.15) is 48.4 Å². The van der Waals surface area contributed by atoms with Crippen LogP contribution < -0.4 is 0 Å². The molecule has 4 nitrogen and oxygen atoms in total. The van der Waals surface area contributed by atoms with Gasteiger partial charge in [-0.2, -0.15) is 0 Å². The Morgan fingerprint density at radius 2 is 1.58 bits per heavy atom. The molecule has 0 saturated carbocycles. The van der Waals surface area contributed by atoms with Gasteiger partial charge in [-0.05, 0) is 45.4 Å². The minimum absolute atomic E-state index is 0.200. The second-order valence-corrected chi connectivity index (χ2v) is 4.60. The van der Waals surface area contributed by atoms with Crippen LogP contribution in [-0.2, 0) is 9.47 Å². The lowest BCUT2D eigenvalue weighted by Gasteiger charge is -2.10. The normalized spacial score (nSPS) is 9.95. The summed E-state index contributed by atoms with van der Waals surface area (Å²) in [5.41, 5.74) is 1.27. The number of esters is 2. The first-order valence-electron chi connectivity index (χ1n) is 6.06. The average Bonchev–Trinajstić information content (AvgIpc) is 2.35. The third-order valence-electron chi connectivity index (χ3n) is 2.11. The number of hydrogen-bond donors (Lipinski definition) is 0. The van der Waals surface area contributed by atoms with Gasteiger partial charge in [-0.25, -0.2) is 9.59 Å². The molecule has 0 saturated heterocycles. The number of carbonyl (C=O) groups excluding carboxylic acids is 2. The summed E-state index contributed by atoms with van der Waals surface area (Å²) in [6.07, 6.45) is 1.11. The van der Waals surface area contributed by atoms with Crippen molar-refractivity contribution in [1.82, 2.24) is 0 Å². The fraction of sp³-hybridized carbons (Fsp3) is 0.333. The molecule has 0 aliphatic carbocycles. The first kappa shape index (κ1) is 15.0. The van der Waals surface area contributed by atoms with Gasteiger partial charge in [0.2, 0.25) is 0 Å². The van der Waals surface area contributed by atoms with Gasteiger partial charge in [-0.3, -0.25) is 0 Å². The molecule has 0 aromatic heterocycles. The molecule has 0 bridgehead atoms. The molecule has 19 heavy (non-hydrogen) atoms. The zero-order chi connectivity index (χ0) is 14.4. The number of ether oxygens (including phenoxy) is 2. The Morgan fingerprint density at radius 3 is 2.05 bits per heavy atom. The third-order valence-corrected chi connectivity index (χ3v) is 2.11. The van der Waals surface area contributed by atoms with Gasteiger partial charge in [-0.1, -0.05) is 12.1 Å². The van der Waals surface area contributed by atoms with Crippen LogP contribution in [-0.4, -0.2) is 18.0 Å². The Labute approximate surface area is 113 Å². The zero-order valence-corrected chi connectivity index (χ0v) is 11.6. The molecular formula is C15H18O4. The van der Waals surface area contributed by atoms with Crippen LogP contribution in [0.4, 0.5) is 0 Å². The molecule has 0 atom stereocenters. The molecule has 0 aliphatic rings. The predicted octanol–water partition coefficient (Wildman–Crippen LogP) is 3.33. The van der Waals surface area contributed by atoms with Crippen molar-refractivity contribution in [2.75, 3.05) is 0 Å². The summed E-state index contributed by atoms with van der Waals surface area (Å²) < 4.78 is 10.1. The molecule has 0 heterocycles. The third kappa shape index (κ3) is 4.58. The topological polar surface area (TPSA) is 52.6 Å². The second-order valence-electron chi connectivity index (χ2n) is 4.60. The largest absolute Gasteiger partial charge is 0.459 e. The summed E-state index contributed by atoms with van der Waals surface area (Å²) in [4.78, 5) is 23.8. The van der Waals surface area contributed by atoms with Gasteiger partial charge in [0.25, 0.3) is 0 Å². The molecular weight excluding hydrogens is 244 g/mol. The molecule has 4 heteroatoms. The van der Waals surface area contributed by atoms with Crippen molar-refractivity contribution in [3.63, 3.8) is 0 Å². The van der Waals surface area contributed by atoms with Crippen molar-refractivity contribution in [3.05, 3.63) is 47.2 Å². The maximum Gasteiger partial charge on any atom is 0.343 e. The van der Waals surface area contributed by atoms with E-state index in [2.05, 4.69) is 0 Å². The summed E-state index contributed by atoms with van der Waals surface area (Å²) >= 11 is 0. The van der Waals surface area contributed by atoms with Gasteiger partial charge in [-0.15, -0.1) is 0 Å². The maximum absolute atomic E-state index is 11.9. The fourth-order valence-corrected chi connectivity index (χ4v) is 1.35. The first-order valence-corrected chi connectivity index (χ1v) is 6.06. The number of benzene rings is 1. The van der Waals surface area contributed by atoms with Crippen LogP contribution >= 0.6 is 0 Å². The zero-order valence-electron chi connectivity index (χ0n) is 11.6. The summed E-state index contributed by atoms with van der Waals surface area (Å²) in [5.74, 6) is -1.10. The van der Waals surface area contributed by atoms with Crippen LogP contribution in [0.25, 0.3) is 0 Å². The van der Waals surface area contributed by atoms with E-state index in [1.54, 1.807) is 32.0 Å². The molecule has 0 amide bonds. The van der Waals surface area contributed by atoms with Crippen molar-refractivity contribution >= 4 is 11.9 Å². The highest BCUT2D eigenvalue weighted by Crippen LogP contribution is 2.13. The fourth-order valence-electron chi connectivity index (χ4n) is 1.35. The summed E-state index contributed by atoms with van der Waals surface area (Å²) in [7, 11) is 0. The van der Waals surface area contributed by atoms with Gasteiger partial charge in [0.1, 0.15) is 0 Å². The van der Waals surface area contributed by atoms with E-state index in [1.807, 2.05) is 13.8 Å². The van der Waals surface area contributed by atoms with Gasteiger partial charge in [0.15, 0.2) is 0 Å². The predicted molar refractivity (Wildman–Crippen MR) is 71.8 cm³/mol. The van der Waals surface area contributed by atoms with E-state index in [-0.39, 0.29) is 17.2 Å². The standard InChI is InChI=1S/C15H18O4/c1-10(2)9-18-14(16)12-7-5-6-8-13(12)15(17)19-11(3)4/h5-9,11H,1-4H3. The molecule has 0 radical (unpaired) electrons. The monoisotopic (exact) mass is 262 g/mol. The highest BCUT2D eigenvalue weighted by Gasteiger charge is 2.19. The quantitative estimate of drug-likeness (QED) is 0.617. The minimum atomic E-state index is -0.572. The Kier molecular flexibility index (Phi) is 5.30. The molecule has 0 spiro atoms. The highest BCUT2D eigenvalue weighted by atomic mass is 16.5. The number of hydrogen-bond acceptors (Lipinski definition) is 4. The van der Waals surface area contributed by atoms with Crippen LogP contribution in [0.5, 0.6) is 0 Å². The Hall–Kier alpha value is -2.10. The lowest BCUT2D eigenvalue weighted by molar-refractivity contribution is 0.0370. The number of rotatable bonds is 4. The summed E-state index contributed by atoms with van der Waals surface area (Å²) in [5, 5.41) is 0. The summed E-state index contributed by atoms with van der Waals surface area (Å²) in [6, 6.07) is 6.43. The lowest BCUT2D eigenvalue weighted by Crippen LogP contribution is -2.16. The maximum atomic E-state index is 11.9. The van der Waals surface area contributed by atoms with E-state index in [0.717, 1.165) is 5.57 Å². The number of carbonyl (C=O) groups is 2. The average molecular weight is 262 g/mol. The van der Waals surface area contributed by atoms with Crippen molar-refractivity contribution in [1.29, 1.82) is 0 Å². The van der Waals surface area contributed by atoms with E-state index in [9.17, 15) is 9.59 Å². The molecule has 0 aliphatic heterocycles. The van der Waals surface area contributed by atoms with Crippen molar-refractivity contribution in [2.24, 2.45) is 0 Å². The Bertz CT molecular complexity index is 497. The van der Waals surface area contributed by atoms with Crippen molar-refractivity contribution < 1.29 is 19.1 Å². The van der Waals surface area contributed by atoms with Crippen LogP contribution in [0.15, 0.2) is 36.1 Å². The SMILES string of the molecule is CC(C)=COC(=O)c1ccccc1C(=O)OC(C)C. The van der Waals surface area contributed by atoms with Gasteiger partial charge >= 0.3 is 11.9 Å². The molecule has 0 N–H and O–H groups in total.